The smallest absolute Gasteiger partial charge is 0.0684 e. The van der Waals surface area contributed by atoms with Crippen LogP contribution in [0.25, 0.3) is 0 Å². The normalized spacial score (nSPS) is 42.7. The first-order valence-corrected chi connectivity index (χ1v) is 4.04. The van der Waals surface area contributed by atoms with Gasteiger partial charge in [-0.15, -0.1) is 12.3 Å². The number of rotatable bonds is 2. The highest BCUT2D eigenvalue weighted by molar-refractivity contribution is 5.06. The van der Waals surface area contributed by atoms with Gasteiger partial charge < -0.3 is 9.84 Å². The second kappa shape index (κ2) is 2.51. The van der Waals surface area contributed by atoms with Gasteiger partial charge in [-0.25, -0.2) is 0 Å². The van der Waals surface area contributed by atoms with Crippen molar-refractivity contribution in [3.05, 3.63) is 0 Å². The topological polar surface area (TPSA) is 29.5 Å². The van der Waals surface area contributed by atoms with Gasteiger partial charge >= 0.3 is 0 Å². The maximum absolute atomic E-state index is 9.50. The molecule has 1 aliphatic heterocycles. The molecule has 0 bridgehead atoms. The summed E-state index contributed by atoms with van der Waals surface area (Å²) in [5.41, 5.74) is 0. The van der Waals surface area contributed by atoms with Crippen LogP contribution in [0.5, 0.6) is 0 Å². The molecule has 1 N–H and O–H groups in total. The monoisotopic (exact) mass is 152 g/mol. The second-order valence-corrected chi connectivity index (χ2v) is 3.42. The molecule has 0 spiro atoms. The quantitative estimate of drug-likeness (QED) is 0.575. The highest BCUT2D eigenvalue weighted by atomic mass is 16.5. The van der Waals surface area contributed by atoms with E-state index in [0.717, 1.165) is 13.2 Å². The molecule has 2 nitrogen and oxygen atoms in total. The van der Waals surface area contributed by atoms with Gasteiger partial charge in [0, 0.05) is 6.42 Å². The molecule has 3 unspecified atom stereocenters. The van der Waals surface area contributed by atoms with Gasteiger partial charge in [-0.2, -0.15) is 0 Å². The average molecular weight is 152 g/mol. The Labute approximate surface area is 66.6 Å². The van der Waals surface area contributed by atoms with E-state index >= 15 is 0 Å². The van der Waals surface area contributed by atoms with Crippen molar-refractivity contribution in [2.45, 2.75) is 12.5 Å². The van der Waals surface area contributed by atoms with Crippen LogP contribution in [-0.4, -0.2) is 24.4 Å². The largest absolute Gasteiger partial charge is 0.392 e. The van der Waals surface area contributed by atoms with E-state index in [-0.39, 0.29) is 6.10 Å². The zero-order chi connectivity index (χ0) is 7.84. The number of hydrogen-bond acceptors (Lipinski definition) is 2. The summed E-state index contributed by atoms with van der Waals surface area (Å²) in [5.74, 6) is 4.15. The van der Waals surface area contributed by atoms with Crippen LogP contribution in [0.1, 0.15) is 6.42 Å². The molecule has 0 aromatic heterocycles. The van der Waals surface area contributed by atoms with Crippen molar-refractivity contribution in [3.8, 4) is 12.3 Å². The van der Waals surface area contributed by atoms with Crippen molar-refractivity contribution in [2.75, 3.05) is 13.2 Å². The Morgan fingerprint density at radius 3 is 2.73 bits per heavy atom. The van der Waals surface area contributed by atoms with Crippen molar-refractivity contribution < 1.29 is 9.84 Å². The Bertz CT molecular complexity index is 184. The molecular formula is C9H12O2. The van der Waals surface area contributed by atoms with E-state index in [1.165, 1.54) is 0 Å². The Morgan fingerprint density at radius 2 is 2.18 bits per heavy atom. The fourth-order valence-electron chi connectivity index (χ4n) is 2.11. The molecular weight excluding hydrogens is 140 g/mol. The molecule has 11 heavy (non-hydrogen) atoms. The lowest BCUT2D eigenvalue weighted by Crippen LogP contribution is -2.14. The van der Waals surface area contributed by atoms with Crippen molar-refractivity contribution in [1.29, 1.82) is 0 Å². The minimum atomic E-state index is -0.279. The standard InChI is InChI=1S/C9H12O2/c1-2-3-8(10)9-6-4-11-5-7(6)9/h1,6-10H,3-5H2. The van der Waals surface area contributed by atoms with Gasteiger partial charge in [0.15, 0.2) is 0 Å². The summed E-state index contributed by atoms with van der Waals surface area (Å²) in [6, 6.07) is 0. The van der Waals surface area contributed by atoms with E-state index in [2.05, 4.69) is 5.92 Å². The van der Waals surface area contributed by atoms with Crippen molar-refractivity contribution in [2.24, 2.45) is 17.8 Å². The first-order chi connectivity index (χ1) is 5.34. The molecule has 1 saturated carbocycles. The van der Waals surface area contributed by atoms with E-state index < -0.39 is 0 Å². The van der Waals surface area contributed by atoms with Crippen LogP contribution in [0.4, 0.5) is 0 Å². The van der Waals surface area contributed by atoms with Gasteiger partial charge in [-0.3, -0.25) is 0 Å². The summed E-state index contributed by atoms with van der Waals surface area (Å²) in [6.07, 6.45) is 5.32. The van der Waals surface area contributed by atoms with Crippen molar-refractivity contribution in [1.82, 2.24) is 0 Å². The van der Waals surface area contributed by atoms with Crippen LogP contribution in [0.2, 0.25) is 0 Å². The Balaban J connectivity index is 1.86. The number of aliphatic hydroxyl groups excluding tert-OH is 1. The maximum atomic E-state index is 9.50. The van der Waals surface area contributed by atoms with Gasteiger partial charge in [0.2, 0.25) is 0 Å². The van der Waals surface area contributed by atoms with Crippen LogP contribution in [0.3, 0.4) is 0 Å². The van der Waals surface area contributed by atoms with E-state index in [9.17, 15) is 5.11 Å². The summed E-state index contributed by atoms with van der Waals surface area (Å²) < 4.78 is 5.20. The molecule has 3 atom stereocenters. The van der Waals surface area contributed by atoms with Gasteiger partial charge in [0.05, 0.1) is 19.3 Å². The Morgan fingerprint density at radius 1 is 1.55 bits per heavy atom. The predicted octanol–water partition coefficient (Wildman–Crippen LogP) is 0.263. The van der Waals surface area contributed by atoms with Crippen molar-refractivity contribution in [3.63, 3.8) is 0 Å². The molecule has 0 aromatic rings. The second-order valence-electron chi connectivity index (χ2n) is 3.42. The van der Waals surface area contributed by atoms with E-state index in [1.807, 2.05) is 0 Å². The fraction of sp³-hybridized carbons (Fsp3) is 0.778. The zero-order valence-electron chi connectivity index (χ0n) is 6.36. The third kappa shape index (κ3) is 1.05. The van der Waals surface area contributed by atoms with Gasteiger partial charge in [0.1, 0.15) is 0 Å². The van der Waals surface area contributed by atoms with Gasteiger partial charge in [-0.05, 0) is 17.8 Å². The van der Waals surface area contributed by atoms with Gasteiger partial charge in [0.25, 0.3) is 0 Å². The van der Waals surface area contributed by atoms with Crippen LogP contribution >= 0.6 is 0 Å². The molecule has 2 fully saturated rings. The Kier molecular flexibility index (Phi) is 1.63. The lowest BCUT2D eigenvalue weighted by atomic mass is 10.1. The summed E-state index contributed by atoms with van der Waals surface area (Å²) in [4.78, 5) is 0. The van der Waals surface area contributed by atoms with Crippen LogP contribution in [0, 0.1) is 30.1 Å². The fourth-order valence-corrected chi connectivity index (χ4v) is 2.11. The lowest BCUT2D eigenvalue weighted by molar-refractivity contribution is 0.0913. The average Bonchev–Trinajstić information content (AvgIpc) is 2.47. The molecule has 2 aliphatic rings. The molecule has 60 valence electrons. The molecule has 1 saturated heterocycles. The molecule has 0 amide bonds. The number of fused-ring (bicyclic) bond motifs is 1. The zero-order valence-corrected chi connectivity index (χ0v) is 6.36. The third-order valence-electron chi connectivity index (χ3n) is 2.79. The molecule has 1 heterocycles. The molecule has 0 radical (unpaired) electrons. The summed E-state index contributed by atoms with van der Waals surface area (Å²) in [5, 5.41) is 9.50. The van der Waals surface area contributed by atoms with E-state index in [0.29, 0.717) is 24.2 Å². The van der Waals surface area contributed by atoms with Crippen LogP contribution in [-0.2, 0) is 4.74 Å². The number of hydrogen-bond donors (Lipinski definition) is 1. The number of ether oxygens (including phenoxy) is 1. The minimum absolute atomic E-state index is 0.279. The summed E-state index contributed by atoms with van der Waals surface area (Å²) in [7, 11) is 0. The Hall–Kier alpha value is -0.520. The van der Waals surface area contributed by atoms with E-state index in [4.69, 9.17) is 11.2 Å². The lowest BCUT2D eigenvalue weighted by Gasteiger charge is -2.08. The SMILES string of the molecule is C#CCC(O)C1C2COCC21. The van der Waals surface area contributed by atoms with Crippen LogP contribution < -0.4 is 0 Å². The number of aliphatic hydroxyl groups is 1. The van der Waals surface area contributed by atoms with Gasteiger partial charge in [-0.1, -0.05) is 0 Å². The first-order valence-electron chi connectivity index (χ1n) is 4.04. The first kappa shape index (κ1) is 7.15. The van der Waals surface area contributed by atoms with Crippen LogP contribution in [0.15, 0.2) is 0 Å². The summed E-state index contributed by atoms with van der Waals surface area (Å²) in [6.45, 7) is 1.66. The van der Waals surface area contributed by atoms with Crippen molar-refractivity contribution >= 4 is 0 Å². The molecule has 1 aliphatic carbocycles. The minimum Gasteiger partial charge on any atom is -0.392 e. The number of terminal acetylenes is 1. The molecule has 2 rings (SSSR count). The molecule has 0 aromatic carbocycles. The predicted molar refractivity (Wildman–Crippen MR) is 40.7 cm³/mol. The highest BCUT2D eigenvalue weighted by Gasteiger charge is 2.56. The summed E-state index contributed by atoms with van der Waals surface area (Å²) >= 11 is 0. The van der Waals surface area contributed by atoms with E-state index in [1.54, 1.807) is 0 Å². The molecule has 2 heteroatoms. The highest BCUT2D eigenvalue weighted by Crippen LogP contribution is 2.52. The maximum Gasteiger partial charge on any atom is 0.0684 e. The third-order valence-corrected chi connectivity index (χ3v) is 2.79.